The molecule has 2 atom stereocenters. The van der Waals surface area contributed by atoms with E-state index in [1.54, 1.807) is 6.20 Å². The molecule has 0 saturated carbocycles. The Morgan fingerprint density at radius 1 is 1.32 bits per heavy atom. The summed E-state index contributed by atoms with van der Waals surface area (Å²) in [7, 11) is 0. The second-order valence-corrected chi connectivity index (χ2v) is 6.48. The molecule has 25 heavy (non-hydrogen) atoms. The fraction of sp³-hybridized carbons (Fsp3) is 0.368. The van der Waals surface area contributed by atoms with Gasteiger partial charge in [-0.25, -0.2) is 0 Å². The molecule has 6 heteroatoms. The number of carboxylic acid groups (broad SMARTS) is 1. The van der Waals surface area contributed by atoms with Crippen molar-refractivity contribution in [1.29, 1.82) is 0 Å². The molecule has 1 N–H and O–H groups in total. The van der Waals surface area contributed by atoms with E-state index in [1.165, 1.54) is 0 Å². The summed E-state index contributed by atoms with van der Waals surface area (Å²) in [5, 5.41) is 9.65. The first-order chi connectivity index (χ1) is 12.1. The number of benzene rings is 1. The topological polar surface area (TPSA) is 71.9 Å². The number of fused-ring (bicyclic) bond motifs is 1. The Labute approximate surface area is 146 Å². The number of hydrogen-bond acceptors (Lipinski definition) is 5. The molecule has 3 heterocycles. The van der Waals surface area contributed by atoms with Crippen LogP contribution in [0.5, 0.6) is 11.5 Å². The van der Waals surface area contributed by atoms with Crippen molar-refractivity contribution >= 4 is 5.97 Å². The van der Waals surface area contributed by atoms with Gasteiger partial charge in [-0.05, 0) is 54.7 Å². The van der Waals surface area contributed by atoms with Gasteiger partial charge in [0.05, 0.1) is 6.04 Å². The van der Waals surface area contributed by atoms with Crippen molar-refractivity contribution in [3.8, 4) is 11.5 Å². The van der Waals surface area contributed by atoms with E-state index in [0.717, 1.165) is 35.4 Å². The zero-order valence-electron chi connectivity index (χ0n) is 14.0. The number of aryl methyl sites for hydroxylation is 1. The van der Waals surface area contributed by atoms with Crippen LogP contribution >= 0.6 is 0 Å². The first-order valence-electron chi connectivity index (χ1n) is 8.44. The van der Waals surface area contributed by atoms with Gasteiger partial charge in [0, 0.05) is 18.9 Å². The molecule has 6 nitrogen and oxygen atoms in total. The second kappa shape index (κ2) is 6.37. The van der Waals surface area contributed by atoms with Gasteiger partial charge in [-0.15, -0.1) is 0 Å². The van der Waals surface area contributed by atoms with Crippen molar-refractivity contribution in [1.82, 2.24) is 9.88 Å². The molecule has 130 valence electrons. The third-order valence-corrected chi connectivity index (χ3v) is 4.98. The lowest BCUT2D eigenvalue weighted by molar-refractivity contribution is -0.142. The number of ether oxygens (including phenoxy) is 2. The van der Waals surface area contributed by atoms with E-state index in [0.29, 0.717) is 12.2 Å². The number of likely N-dealkylation sites (tertiary alicyclic amines) is 1. The summed E-state index contributed by atoms with van der Waals surface area (Å²) in [5.41, 5.74) is 3.12. The molecule has 0 amide bonds. The van der Waals surface area contributed by atoms with E-state index in [1.807, 2.05) is 37.4 Å². The van der Waals surface area contributed by atoms with Gasteiger partial charge < -0.3 is 14.6 Å². The molecule has 0 aliphatic carbocycles. The number of carbonyl (C=O) groups is 1. The molecular weight excluding hydrogens is 320 g/mol. The molecule has 4 rings (SSSR count). The van der Waals surface area contributed by atoms with Crippen LogP contribution < -0.4 is 9.47 Å². The molecule has 1 aromatic heterocycles. The van der Waals surface area contributed by atoms with Gasteiger partial charge in [-0.2, -0.15) is 0 Å². The first-order valence-corrected chi connectivity index (χ1v) is 8.44. The number of carboxylic acids is 1. The zero-order valence-corrected chi connectivity index (χ0v) is 14.0. The van der Waals surface area contributed by atoms with Crippen molar-refractivity contribution in [3.05, 3.63) is 53.3 Å². The van der Waals surface area contributed by atoms with E-state index >= 15 is 0 Å². The SMILES string of the molecule is Cc1cnccc1C(c1ccc2c(c1)OCO2)N1CCCC1C(=O)O. The van der Waals surface area contributed by atoms with Crippen LogP contribution in [0.4, 0.5) is 0 Å². The molecule has 0 bridgehead atoms. The molecule has 0 radical (unpaired) electrons. The first kappa shape index (κ1) is 15.9. The molecule has 2 aliphatic rings. The Morgan fingerprint density at radius 2 is 2.16 bits per heavy atom. The average Bonchev–Trinajstić information content (AvgIpc) is 3.25. The monoisotopic (exact) mass is 340 g/mol. The molecule has 1 fully saturated rings. The van der Waals surface area contributed by atoms with Gasteiger partial charge in [0.2, 0.25) is 6.79 Å². The van der Waals surface area contributed by atoms with Crippen molar-refractivity contribution in [3.63, 3.8) is 0 Å². The van der Waals surface area contributed by atoms with Crippen LogP contribution in [0.1, 0.15) is 35.6 Å². The standard InChI is InChI=1S/C19H20N2O4/c1-12-10-20-7-6-14(12)18(21-8-2-3-15(21)19(22)23)13-4-5-16-17(9-13)25-11-24-16/h4-7,9-10,15,18H,2-3,8,11H2,1H3,(H,22,23). The summed E-state index contributed by atoms with van der Waals surface area (Å²) in [6, 6.07) is 7.19. The molecule has 1 aromatic carbocycles. The lowest BCUT2D eigenvalue weighted by Gasteiger charge is -2.32. The number of aliphatic carboxylic acids is 1. The highest BCUT2D eigenvalue weighted by molar-refractivity contribution is 5.74. The van der Waals surface area contributed by atoms with Gasteiger partial charge in [-0.3, -0.25) is 14.7 Å². The maximum Gasteiger partial charge on any atom is 0.320 e. The summed E-state index contributed by atoms with van der Waals surface area (Å²) >= 11 is 0. The molecule has 2 unspecified atom stereocenters. The Balaban J connectivity index is 1.82. The number of nitrogens with zero attached hydrogens (tertiary/aromatic N) is 2. The maximum atomic E-state index is 11.8. The second-order valence-electron chi connectivity index (χ2n) is 6.48. The van der Waals surface area contributed by atoms with Gasteiger partial charge in [0.1, 0.15) is 6.04 Å². The lowest BCUT2D eigenvalue weighted by atomic mass is 9.94. The smallest absolute Gasteiger partial charge is 0.320 e. The van der Waals surface area contributed by atoms with E-state index in [2.05, 4.69) is 9.88 Å². The maximum absolute atomic E-state index is 11.8. The van der Waals surface area contributed by atoms with Gasteiger partial charge in [0.15, 0.2) is 11.5 Å². The number of hydrogen-bond donors (Lipinski definition) is 1. The van der Waals surface area contributed by atoms with Crippen molar-refractivity contribution in [2.24, 2.45) is 0 Å². The molecule has 2 aliphatic heterocycles. The quantitative estimate of drug-likeness (QED) is 0.923. The fourth-order valence-electron chi connectivity index (χ4n) is 3.79. The largest absolute Gasteiger partial charge is 0.480 e. The predicted molar refractivity (Wildman–Crippen MR) is 90.7 cm³/mol. The number of aromatic nitrogens is 1. The van der Waals surface area contributed by atoms with E-state index < -0.39 is 12.0 Å². The number of rotatable bonds is 4. The zero-order chi connectivity index (χ0) is 17.4. The van der Waals surface area contributed by atoms with E-state index in [-0.39, 0.29) is 12.8 Å². The Kier molecular flexibility index (Phi) is 4.05. The highest BCUT2D eigenvalue weighted by atomic mass is 16.7. The van der Waals surface area contributed by atoms with Crippen molar-refractivity contribution in [2.75, 3.05) is 13.3 Å². The van der Waals surface area contributed by atoms with E-state index in [4.69, 9.17) is 9.47 Å². The Morgan fingerprint density at radius 3 is 2.96 bits per heavy atom. The predicted octanol–water partition coefficient (Wildman–Crippen LogP) is 2.76. The minimum Gasteiger partial charge on any atom is -0.480 e. The van der Waals surface area contributed by atoms with Gasteiger partial charge in [-0.1, -0.05) is 6.07 Å². The van der Waals surface area contributed by atoms with Crippen LogP contribution in [-0.4, -0.2) is 40.3 Å². The minimum atomic E-state index is -0.769. The fourth-order valence-corrected chi connectivity index (χ4v) is 3.79. The van der Waals surface area contributed by atoms with Crippen molar-refractivity contribution < 1.29 is 19.4 Å². The van der Waals surface area contributed by atoms with Crippen LogP contribution in [0.2, 0.25) is 0 Å². The van der Waals surface area contributed by atoms with E-state index in [9.17, 15) is 9.90 Å². The minimum absolute atomic E-state index is 0.152. The summed E-state index contributed by atoms with van der Waals surface area (Å²) in [6.07, 6.45) is 5.12. The van der Waals surface area contributed by atoms with Crippen molar-refractivity contribution in [2.45, 2.75) is 31.8 Å². The van der Waals surface area contributed by atoms with Gasteiger partial charge >= 0.3 is 5.97 Å². The van der Waals surface area contributed by atoms with Crippen LogP contribution in [0, 0.1) is 6.92 Å². The summed E-state index contributed by atoms with van der Waals surface area (Å²) in [5.74, 6) is 0.667. The van der Waals surface area contributed by atoms with Crippen LogP contribution in [-0.2, 0) is 4.79 Å². The average molecular weight is 340 g/mol. The third kappa shape index (κ3) is 2.82. The third-order valence-electron chi connectivity index (χ3n) is 4.98. The summed E-state index contributed by atoms with van der Waals surface area (Å²) in [6.45, 7) is 2.98. The Hall–Kier alpha value is -2.60. The van der Waals surface area contributed by atoms with Crippen LogP contribution in [0.25, 0.3) is 0 Å². The summed E-state index contributed by atoms with van der Waals surface area (Å²) < 4.78 is 10.9. The Bertz CT molecular complexity index is 808. The summed E-state index contributed by atoms with van der Waals surface area (Å²) in [4.78, 5) is 18.0. The lowest BCUT2D eigenvalue weighted by Crippen LogP contribution is -2.39. The van der Waals surface area contributed by atoms with Gasteiger partial charge in [0.25, 0.3) is 0 Å². The highest BCUT2D eigenvalue weighted by Crippen LogP contribution is 2.40. The molecular formula is C19H20N2O4. The highest BCUT2D eigenvalue weighted by Gasteiger charge is 2.37. The number of pyridine rings is 1. The molecule has 0 spiro atoms. The van der Waals surface area contributed by atoms with Crippen LogP contribution in [0.15, 0.2) is 36.7 Å². The molecule has 1 saturated heterocycles. The van der Waals surface area contributed by atoms with Crippen LogP contribution in [0.3, 0.4) is 0 Å². The molecule has 2 aromatic rings. The normalized spacial score (nSPS) is 20.6.